The molecule has 0 unspecified atom stereocenters. The maximum Gasteiger partial charge on any atom is 0.165 e. The summed E-state index contributed by atoms with van der Waals surface area (Å²) in [6.45, 7) is 7.22. The van der Waals surface area contributed by atoms with Crippen LogP contribution in [0.5, 0.6) is 0 Å². The molecule has 0 amide bonds. The first-order valence-corrected chi connectivity index (χ1v) is 7.07. The van der Waals surface area contributed by atoms with Gasteiger partial charge in [-0.05, 0) is 42.0 Å². The fraction of sp³-hybridized carbons (Fsp3) is 0.412. The smallest absolute Gasteiger partial charge is 0.165 e. The van der Waals surface area contributed by atoms with Crippen LogP contribution in [0, 0.1) is 12.3 Å². The molecule has 0 fully saturated rings. The van der Waals surface area contributed by atoms with E-state index in [1.54, 1.807) is 0 Å². The third-order valence-electron chi connectivity index (χ3n) is 4.15. The van der Waals surface area contributed by atoms with E-state index in [-0.39, 0.29) is 11.2 Å². The van der Waals surface area contributed by atoms with Gasteiger partial charge in [0.2, 0.25) is 0 Å². The molecule has 1 aliphatic rings. The standard InChI is InChI=1S/C17H20N2O/c1-12-4-6-18-10-13(12)11-19-7-5-14-15(19)8-17(2,3)9-16(14)20/h4-7,10H,8-9,11H2,1-3H3. The highest BCUT2D eigenvalue weighted by atomic mass is 16.1. The highest BCUT2D eigenvalue weighted by molar-refractivity contribution is 5.98. The number of aryl methyl sites for hydroxylation is 1. The van der Waals surface area contributed by atoms with Crippen LogP contribution in [-0.4, -0.2) is 15.3 Å². The molecule has 3 heteroatoms. The van der Waals surface area contributed by atoms with Crippen molar-refractivity contribution < 1.29 is 4.79 Å². The number of pyridine rings is 1. The van der Waals surface area contributed by atoms with Crippen LogP contribution in [-0.2, 0) is 13.0 Å². The number of rotatable bonds is 2. The summed E-state index contributed by atoms with van der Waals surface area (Å²) in [4.78, 5) is 16.4. The van der Waals surface area contributed by atoms with Crippen molar-refractivity contribution in [1.29, 1.82) is 0 Å². The molecule has 0 saturated heterocycles. The minimum atomic E-state index is 0.0597. The lowest BCUT2D eigenvalue weighted by Crippen LogP contribution is -2.28. The molecule has 20 heavy (non-hydrogen) atoms. The van der Waals surface area contributed by atoms with Crippen molar-refractivity contribution in [1.82, 2.24) is 9.55 Å². The zero-order valence-electron chi connectivity index (χ0n) is 12.3. The number of hydrogen-bond donors (Lipinski definition) is 0. The molecule has 3 rings (SSSR count). The first-order chi connectivity index (χ1) is 9.46. The van der Waals surface area contributed by atoms with Gasteiger partial charge in [0.1, 0.15) is 0 Å². The molecule has 2 aromatic heterocycles. The Morgan fingerprint density at radius 2 is 2.10 bits per heavy atom. The van der Waals surface area contributed by atoms with Crippen LogP contribution < -0.4 is 0 Å². The van der Waals surface area contributed by atoms with Crippen LogP contribution in [0.25, 0.3) is 0 Å². The SMILES string of the molecule is Cc1ccncc1Cn1ccc2c1CC(C)(C)CC2=O. The van der Waals surface area contributed by atoms with Crippen molar-refractivity contribution in [2.45, 2.75) is 40.2 Å². The molecule has 0 aliphatic heterocycles. The van der Waals surface area contributed by atoms with Crippen LogP contribution >= 0.6 is 0 Å². The molecule has 0 radical (unpaired) electrons. The van der Waals surface area contributed by atoms with Crippen molar-refractivity contribution in [3.05, 3.63) is 53.1 Å². The van der Waals surface area contributed by atoms with E-state index >= 15 is 0 Å². The summed E-state index contributed by atoms with van der Waals surface area (Å²) in [5, 5.41) is 0. The van der Waals surface area contributed by atoms with Crippen molar-refractivity contribution in [3.8, 4) is 0 Å². The Bertz CT molecular complexity index is 667. The topological polar surface area (TPSA) is 34.9 Å². The lowest BCUT2D eigenvalue weighted by molar-refractivity contribution is 0.0910. The second-order valence-electron chi connectivity index (χ2n) is 6.55. The van der Waals surface area contributed by atoms with E-state index in [9.17, 15) is 4.79 Å². The maximum atomic E-state index is 12.2. The van der Waals surface area contributed by atoms with E-state index in [1.807, 2.05) is 30.7 Å². The van der Waals surface area contributed by atoms with Crippen LogP contribution in [0.3, 0.4) is 0 Å². The van der Waals surface area contributed by atoms with Crippen LogP contribution in [0.4, 0.5) is 0 Å². The van der Waals surface area contributed by atoms with Crippen LogP contribution in [0.15, 0.2) is 30.7 Å². The molecular formula is C17H20N2O. The largest absolute Gasteiger partial charge is 0.346 e. The molecule has 2 heterocycles. The van der Waals surface area contributed by atoms with E-state index in [0.717, 1.165) is 18.5 Å². The Morgan fingerprint density at radius 3 is 2.85 bits per heavy atom. The van der Waals surface area contributed by atoms with Gasteiger partial charge in [-0.2, -0.15) is 0 Å². The van der Waals surface area contributed by atoms with Gasteiger partial charge in [-0.3, -0.25) is 9.78 Å². The van der Waals surface area contributed by atoms with Gasteiger partial charge in [-0.25, -0.2) is 0 Å². The second-order valence-corrected chi connectivity index (χ2v) is 6.55. The summed E-state index contributed by atoms with van der Waals surface area (Å²) in [6, 6.07) is 4.00. The molecule has 0 saturated carbocycles. The number of nitrogens with zero attached hydrogens (tertiary/aromatic N) is 2. The second kappa shape index (κ2) is 4.58. The Hall–Kier alpha value is -1.90. The van der Waals surface area contributed by atoms with E-state index in [0.29, 0.717) is 6.42 Å². The molecule has 0 spiro atoms. The summed E-state index contributed by atoms with van der Waals surface area (Å²) >= 11 is 0. The summed E-state index contributed by atoms with van der Waals surface area (Å²) in [7, 11) is 0. The maximum absolute atomic E-state index is 12.2. The van der Waals surface area contributed by atoms with Crippen molar-refractivity contribution >= 4 is 5.78 Å². The molecule has 3 nitrogen and oxygen atoms in total. The highest BCUT2D eigenvalue weighted by Gasteiger charge is 2.32. The Balaban J connectivity index is 1.98. The molecule has 0 aromatic carbocycles. The van der Waals surface area contributed by atoms with Gasteiger partial charge in [0.05, 0.1) is 0 Å². The number of carbonyl (C=O) groups excluding carboxylic acids is 1. The van der Waals surface area contributed by atoms with E-state index in [1.165, 1.54) is 16.8 Å². The van der Waals surface area contributed by atoms with E-state index < -0.39 is 0 Å². The molecule has 104 valence electrons. The van der Waals surface area contributed by atoms with Gasteiger partial charge < -0.3 is 4.57 Å². The molecular weight excluding hydrogens is 248 g/mol. The van der Waals surface area contributed by atoms with Gasteiger partial charge >= 0.3 is 0 Å². The molecule has 0 atom stereocenters. The van der Waals surface area contributed by atoms with Crippen molar-refractivity contribution in [2.24, 2.45) is 5.41 Å². The third-order valence-corrected chi connectivity index (χ3v) is 4.15. The quantitative estimate of drug-likeness (QED) is 0.836. The Kier molecular flexibility index (Phi) is 3.00. The fourth-order valence-electron chi connectivity index (χ4n) is 3.00. The van der Waals surface area contributed by atoms with Crippen LogP contribution in [0.2, 0.25) is 0 Å². The molecule has 0 bridgehead atoms. The number of hydrogen-bond acceptors (Lipinski definition) is 2. The average Bonchev–Trinajstić information content (AvgIpc) is 2.74. The monoisotopic (exact) mass is 268 g/mol. The first-order valence-electron chi connectivity index (χ1n) is 7.07. The number of aromatic nitrogens is 2. The Morgan fingerprint density at radius 1 is 1.30 bits per heavy atom. The third kappa shape index (κ3) is 2.28. The van der Waals surface area contributed by atoms with Gasteiger partial charge in [-0.15, -0.1) is 0 Å². The van der Waals surface area contributed by atoms with Crippen LogP contribution in [0.1, 0.15) is 47.4 Å². The Labute approximate surface area is 119 Å². The van der Waals surface area contributed by atoms with Gasteiger partial charge in [0, 0.05) is 42.8 Å². The molecule has 1 aliphatic carbocycles. The minimum absolute atomic E-state index is 0.0597. The zero-order valence-corrected chi connectivity index (χ0v) is 12.3. The predicted molar refractivity (Wildman–Crippen MR) is 78.9 cm³/mol. The van der Waals surface area contributed by atoms with Gasteiger partial charge in [0.15, 0.2) is 5.78 Å². The lowest BCUT2D eigenvalue weighted by Gasteiger charge is -2.29. The molecule has 2 aromatic rings. The van der Waals surface area contributed by atoms with Gasteiger partial charge in [-0.1, -0.05) is 13.8 Å². The lowest BCUT2D eigenvalue weighted by atomic mass is 9.76. The van der Waals surface area contributed by atoms with Gasteiger partial charge in [0.25, 0.3) is 0 Å². The predicted octanol–water partition coefficient (Wildman–Crippen LogP) is 3.39. The first kappa shape index (κ1) is 13.1. The summed E-state index contributed by atoms with van der Waals surface area (Å²) < 4.78 is 2.21. The normalized spacial score (nSPS) is 17.1. The number of fused-ring (bicyclic) bond motifs is 1. The van der Waals surface area contributed by atoms with E-state index in [2.05, 4.69) is 30.3 Å². The zero-order chi connectivity index (χ0) is 14.3. The highest BCUT2D eigenvalue weighted by Crippen LogP contribution is 2.35. The minimum Gasteiger partial charge on any atom is -0.346 e. The molecule has 0 N–H and O–H groups in total. The summed E-state index contributed by atoms with van der Waals surface area (Å²) in [5.74, 6) is 0.276. The van der Waals surface area contributed by atoms with Crippen molar-refractivity contribution in [3.63, 3.8) is 0 Å². The number of carbonyl (C=O) groups is 1. The average molecular weight is 268 g/mol. The summed E-state index contributed by atoms with van der Waals surface area (Å²) in [5.41, 5.74) is 4.59. The summed E-state index contributed by atoms with van der Waals surface area (Å²) in [6.07, 6.45) is 7.38. The van der Waals surface area contributed by atoms with Crippen molar-refractivity contribution in [2.75, 3.05) is 0 Å². The number of Topliss-reactive ketones (excluding diaryl/α,β-unsaturated/α-hetero) is 1. The van der Waals surface area contributed by atoms with E-state index in [4.69, 9.17) is 0 Å². The fourth-order valence-corrected chi connectivity index (χ4v) is 3.00. The number of ketones is 1.